The molecule has 64 heavy (non-hydrogen) atoms. The molecular formula is C58H107NO5. The quantitative estimate of drug-likeness (QED) is 0.0321. The highest BCUT2D eigenvalue weighted by molar-refractivity contribution is 5.76. The topological polar surface area (TPSA) is 95.9 Å². The van der Waals surface area contributed by atoms with E-state index in [0.717, 1.165) is 83.5 Å². The fourth-order valence-electron chi connectivity index (χ4n) is 8.25. The molecule has 0 aliphatic carbocycles. The van der Waals surface area contributed by atoms with Crippen LogP contribution in [0.2, 0.25) is 0 Å². The molecule has 0 aliphatic rings. The average Bonchev–Trinajstić information content (AvgIpc) is 3.29. The van der Waals surface area contributed by atoms with Gasteiger partial charge in [-0.1, -0.05) is 229 Å². The molecule has 2 atom stereocenters. The van der Waals surface area contributed by atoms with E-state index in [-0.39, 0.29) is 18.5 Å². The zero-order chi connectivity index (χ0) is 46.5. The molecule has 0 saturated heterocycles. The summed E-state index contributed by atoms with van der Waals surface area (Å²) in [6.07, 6.45) is 66.9. The molecule has 2 unspecified atom stereocenters. The van der Waals surface area contributed by atoms with Crippen LogP contribution < -0.4 is 5.32 Å². The minimum absolute atomic E-state index is 0.0257. The largest absolute Gasteiger partial charge is 0.466 e. The predicted molar refractivity (Wildman–Crippen MR) is 278 cm³/mol. The molecule has 0 heterocycles. The Morgan fingerprint density at radius 1 is 0.438 bits per heavy atom. The predicted octanol–water partition coefficient (Wildman–Crippen LogP) is 17.0. The highest BCUT2D eigenvalue weighted by Gasteiger charge is 2.18. The van der Waals surface area contributed by atoms with Crippen molar-refractivity contribution < 1.29 is 24.5 Å². The standard InChI is InChI=1S/C58H107NO5/c1-3-5-7-9-11-13-15-17-19-20-23-26-30-34-38-42-46-50-56(61)55(54-60)59-57(62)51-47-43-39-35-31-27-24-21-25-29-33-37-41-45-49-53-64-58(63)52-48-44-40-36-32-28-22-18-16-14-12-10-8-6-4-2/h12,14,18,22,25,29,46,50,55-56,60-61H,3-11,13,15-17,19-21,23-24,26-28,30-45,47-49,51-54H2,1-2H3,(H,59,62)/b14-12-,22-18-,29-25-,50-46+. The van der Waals surface area contributed by atoms with Gasteiger partial charge in [0.1, 0.15) is 0 Å². The molecule has 0 bridgehead atoms. The smallest absolute Gasteiger partial charge is 0.305 e. The van der Waals surface area contributed by atoms with Crippen LogP contribution >= 0.6 is 0 Å². The van der Waals surface area contributed by atoms with Gasteiger partial charge in [0.15, 0.2) is 0 Å². The van der Waals surface area contributed by atoms with Crippen LogP contribution in [0.3, 0.4) is 0 Å². The number of hydrogen-bond donors (Lipinski definition) is 3. The minimum Gasteiger partial charge on any atom is -0.466 e. The normalized spacial score (nSPS) is 13.0. The zero-order valence-corrected chi connectivity index (χ0v) is 42.5. The van der Waals surface area contributed by atoms with Gasteiger partial charge in [0.25, 0.3) is 0 Å². The van der Waals surface area contributed by atoms with Gasteiger partial charge in [-0.25, -0.2) is 0 Å². The van der Waals surface area contributed by atoms with Crippen molar-refractivity contribution in [2.24, 2.45) is 0 Å². The number of esters is 1. The summed E-state index contributed by atoms with van der Waals surface area (Å²) >= 11 is 0. The molecule has 0 aromatic rings. The monoisotopic (exact) mass is 898 g/mol. The number of aliphatic hydroxyl groups is 2. The van der Waals surface area contributed by atoms with Crippen molar-refractivity contribution in [1.29, 1.82) is 0 Å². The van der Waals surface area contributed by atoms with E-state index in [1.165, 1.54) is 173 Å². The van der Waals surface area contributed by atoms with Gasteiger partial charge in [-0.3, -0.25) is 9.59 Å². The summed E-state index contributed by atoms with van der Waals surface area (Å²) in [5.74, 6) is -0.109. The molecule has 0 aromatic heterocycles. The van der Waals surface area contributed by atoms with E-state index >= 15 is 0 Å². The summed E-state index contributed by atoms with van der Waals surface area (Å²) in [6.45, 7) is 4.83. The third-order valence-electron chi connectivity index (χ3n) is 12.6. The Hall–Kier alpha value is -2.18. The Balaban J connectivity index is 3.53. The summed E-state index contributed by atoms with van der Waals surface area (Å²) < 4.78 is 5.45. The number of hydrogen-bond acceptors (Lipinski definition) is 5. The van der Waals surface area contributed by atoms with E-state index < -0.39 is 12.1 Å². The third kappa shape index (κ3) is 49.3. The maximum Gasteiger partial charge on any atom is 0.305 e. The maximum atomic E-state index is 12.5. The Labute approximate surface area is 397 Å². The van der Waals surface area contributed by atoms with Crippen LogP contribution in [0.25, 0.3) is 0 Å². The van der Waals surface area contributed by atoms with Crippen LogP contribution in [0.15, 0.2) is 48.6 Å². The second-order valence-corrected chi connectivity index (χ2v) is 18.9. The first-order chi connectivity index (χ1) is 31.5. The lowest BCUT2D eigenvalue weighted by Gasteiger charge is -2.20. The van der Waals surface area contributed by atoms with Crippen molar-refractivity contribution in [2.75, 3.05) is 13.2 Å². The van der Waals surface area contributed by atoms with E-state index in [1.54, 1.807) is 6.08 Å². The van der Waals surface area contributed by atoms with Crippen LogP contribution in [-0.4, -0.2) is 47.4 Å². The van der Waals surface area contributed by atoms with Crippen LogP contribution in [0.5, 0.6) is 0 Å². The molecule has 0 radical (unpaired) electrons. The van der Waals surface area contributed by atoms with Gasteiger partial charge < -0.3 is 20.3 Å². The average molecular weight is 898 g/mol. The van der Waals surface area contributed by atoms with E-state index in [0.29, 0.717) is 19.4 Å². The molecule has 6 heteroatoms. The number of allylic oxidation sites excluding steroid dienone is 7. The van der Waals surface area contributed by atoms with Crippen LogP contribution in [0.4, 0.5) is 0 Å². The number of ether oxygens (including phenoxy) is 1. The van der Waals surface area contributed by atoms with Gasteiger partial charge in [-0.2, -0.15) is 0 Å². The molecule has 0 aromatic carbocycles. The van der Waals surface area contributed by atoms with E-state index in [1.807, 2.05) is 6.08 Å². The van der Waals surface area contributed by atoms with Crippen molar-refractivity contribution in [2.45, 2.75) is 296 Å². The second kappa shape index (κ2) is 53.4. The molecule has 1 amide bonds. The lowest BCUT2D eigenvalue weighted by molar-refractivity contribution is -0.143. The summed E-state index contributed by atoms with van der Waals surface area (Å²) in [5, 5.41) is 23.1. The highest BCUT2D eigenvalue weighted by atomic mass is 16.5. The molecular weight excluding hydrogens is 791 g/mol. The number of carbonyl (C=O) groups is 2. The molecule has 3 N–H and O–H groups in total. The fourth-order valence-corrected chi connectivity index (χ4v) is 8.25. The number of amides is 1. The van der Waals surface area contributed by atoms with Gasteiger partial charge in [0, 0.05) is 12.8 Å². The van der Waals surface area contributed by atoms with Crippen LogP contribution in [-0.2, 0) is 14.3 Å². The van der Waals surface area contributed by atoms with Crippen molar-refractivity contribution >= 4 is 11.9 Å². The van der Waals surface area contributed by atoms with Crippen LogP contribution in [0, 0.1) is 0 Å². The van der Waals surface area contributed by atoms with Gasteiger partial charge in [-0.05, 0) is 89.9 Å². The van der Waals surface area contributed by atoms with Crippen molar-refractivity contribution in [3.8, 4) is 0 Å². The Morgan fingerprint density at radius 3 is 1.23 bits per heavy atom. The van der Waals surface area contributed by atoms with Gasteiger partial charge in [-0.15, -0.1) is 0 Å². The molecule has 0 spiro atoms. The number of carbonyl (C=O) groups excluding carboxylic acids is 2. The molecule has 0 fully saturated rings. The molecule has 374 valence electrons. The van der Waals surface area contributed by atoms with Gasteiger partial charge in [0.05, 0.1) is 25.4 Å². The second-order valence-electron chi connectivity index (χ2n) is 18.9. The fraction of sp³-hybridized carbons (Fsp3) is 0.828. The van der Waals surface area contributed by atoms with Gasteiger partial charge >= 0.3 is 5.97 Å². The van der Waals surface area contributed by atoms with Crippen molar-refractivity contribution in [1.82, 2.24) is 5.32 Å². The SMILES string of the molecule is CCCCC/C=C\C/C=C\CCCCCCCC(=O)OCCCCCC/C=C\CCCCCCCCCC(=O)NC(CO)C(O)/C=C/CCCCCCCCCCCCCCCCC. The Morgan fingerprint density at radius 2 is 0.781 bits per heavy atom. The number of nitrogens with one attached hydrogen (secondary N) is 1. The highest BCUT2D eigenvalue weighted by Crippen LogP contribution is 2.15. The summed E-state index contributed by atoms with van der Waals surface area (Å²) in [4.78, 5) is 24.5. The van der Waals surface area contributed by atoms with E-state index in [2.05, 4.69) is 55.6 Å². The van der Waals surface area contributed by atoms with Crippen molar-refractivity contribution in [3.05, 3.63) is 48.6 Å². The summed E-state index contributed by atoms with van der Waals surface area (Å²) in [7, 11) is 0. The molecule has 0 aliphatic heterocycles. The lowest BCUT2D eigenvalue weighted by Crippen LogP contribution is -2.45. The molecule has 6 nitrogen and oxygen atoms in total. The number of unbranched alkanes of at least 4 members (excludes halogenated alkanes) is 34. The maximum absolute atomic E-state index is 12.5. The lowest BCUT2D eigenvalue weighted by atomic mass is 10.0. The molecule has 0 saturated carbocycles. The van der Waals surface area contributed by atoms with E-state index in [9.17, 15) is 19.8 Å². The van der Waals surface area contributed by atoms with Crippen LogP contribution in [0.1, 0.15) is 284 Å². The Kier molecular flexibility index (Phi) is 51.6. The first-order valence-electron chi connectivity index (χ1n) is 27.9. The molecule has 0 rings (SSSR count). The first kappa shape index (κ1) is 61.8. The minimum atomic E-state index is -0.856. The van der Waals surface area contributed by atoms with Crippen molar-refractivity contribution in [3.63, 3.8) is 0 Å². The number of rotatable bonds is 51. The summed E-state index contributed by atoms with van der Waals surface area (Å²) in [5.41, 5.74) is 0. The summed E-state index contributed by atoms with van der Waals surface area (Å²) in [6, 6.07) is -0.641. The van der Waals surface area contributed by atoms with Gasteiger partial charge in [0.2, 0.25) is 5.91 Å². The van der Waals surface area contributed by atoms with E-state index in [4.69, 9.17) is 4.74 Å². The number of aliphatic hydroxyl groups excluding tert-OH is 2. The Bertz CT molecular complexity index is 1080. The zero-order valence-electron chi connectivity index (χ0n) is 42.5. The first-order valence-corrected chi connectivity index (χ1v) is 27.9. The third-order valence-corrected chi connectivity index (χ3v) is 12.6.